The molecule has 1 heterocycles. The number of aliphatic hydroxyl groups excluding tert-OH is 1. The van der Waals surface area contributed by atoms with Gasteiger partial charge < -0.3 is 14.7 Å². The molecule has 1 N–H and O–H groups in total. The highest BCUT2D eigenvalue weighted by Crippen LogP contribution is 2.47. The van der Waals surface area contributed by atoms with Gasteiger partial charge in [-0.3, -0.25) is 0 Å². The van der Waals surface area contributed by atoms with Crippen LogP contribution in [0.3, 0.4) is 0 Å². The summed E-state index contributed by atoms with van der Waals surface area (Å²) >= 11 is 0. The standard InChI is InChI=1S/C19H34N2O4S/c1-17(2,3)25-16(23)21-11-9-19(10-12-21)8-7-14(13-22)15(19)20-26(24)18(4,5)6/h14,22H,7-13H2,1-6H3/t14?,26-/m1/s1. The lowest BCUT2D eigenvalue weighted by Gasteiger charge is -2.40. The Balaban J connectivity index is 2.15. The number of carbonyl (C=O) groups excluding carboxylic acids is 1. The molecule has 0 bridgehead atoms. The van der Waals surface area contributed by atoms with Crippen molar-refractivity contribution < 1.29 is 18.8 Å². The predicted octanol–water partition coefficient (Wildman–Crippen LogP) is 3.31. The first-order valence-electron chi connectivity index (χ1n) is 9.48. The number of rotatable bonds is 2. The van der Waals surface area contributed by atoms with Crippen LogP contribution < -0.4 is 0 Å². The molecule has 0 radical (unpaired) electrons. The Morgan fingerprint density at radius 3 is 2.27 bits per heavy atom. The minimum absolute atomic E-state index is 0.0191. The summed E-state index contributed by atoms with van der Waals surface area (Å²) in [5.74, 6) is -0.0191. The van der Waals surface area contributed by atoms with Crippen LogP contribution in [0, 0.1) is 11.3 Å². The normalized spacial score (nSPS) is 26.3. The maximum absolute atomic E-state index is 12.6. The molecule has 1 saturated heterocycles. The molecule has 0 aromatic rings. The number of ether oxygens (including phenoxy) is 1. The van der Waals surface area contributed by atoms with Gasteiger partial charge in [-0.2, -0.15) is 4.40 Å². The van der Waals surface area contributed by atoms with Crippen molar-refractivity contribution in [1.82, 2.24) is 4.90 Å². The van der Waals surface area contributed by atoms with Crippen LogP contribution in [-0.4, -0.2) is 56.1 Å². The van der Waals surface area contributed by atoms with E-state index in [-0.39, 0.29) is 24.0 Å². The van der Waals surface area contributed by atoms with Crippen LogP contribution in [0.1, 0.15) is 67.2 Å². The second kappa shape index (κ2) is 7.58. The van der Waals surface area contributed by atoms with Crippen LogP contribution in [0.5, 0.6) is 0 Å². The van der Waals surface area contributed by atoms with E-state index in [4.69, 9.17) is 4.74 Å². The van der Waals surface area contributed by atoms with Crippen molar-refractivity contribution >= 4 is 22.8 Å². The Morgan fingerprint density at radius 1 is 1.23 bits per heavy atom. The van der Waals surface area contributed by atoms with Crippen LogP contribution in [0.15, 0.2) is 4.40 Å². The molecule has 1 aliphatic carbocycles. The maximum Gasteiger partial charge on any atom is 0.410 e. The molecule has 1 amide bonds. The van der Waals surface area contributed by atoms with Crippen LogP contribution in [0.4, 0.5) is 4.79 Å². The van der Waals surface area contributed by atoms with E-state index >= 15 is 0 Å². The Hall–Kier alpha value is -0.950. The molecular weight excluding hydrogens is 352 g/mol. The molecule has 1 aliphatic heterocycles. The summed E-state index contributed by atoms with van der Waals surface area (Å²) in [5.41, 5.74) is 0.252. The average Bonchev–Trinajstić information content (AvgIpc) is 2.83. The van der Waals surface area contributed by atoms with Gasteiger partial charge in [0.2, 0.25) is 0 Å². The summed E-state index contributed by atoms with van der Waals surface area (Å²) < 4.78 is 22.2. The van der Waals surface area contributed by atoms with Gasteiger partial charge in [0.05, 0.1) is 11.4 Å². The SMILES string of the molecule is CC(C)(C)OC(=O)N1CCC2(CCC(CO)C2=N[S@](=O)C(C)(C)C)CC1. The van der Waals surface area contributed by atoms with Gasteiger partial charge in [0, 0.05) is 30.1 Å². The molecule has 2 fully saturated rings. The third-order valence-electron chi connectivity index (χ3n) is 5.20. The summed E-state index contributed by atoms with van der Waals surface area (Å²) in [4.78, 5) is 14.1. The molecule has 0 aromatic heterocycles. The van der Waals surface area contributed by atoms with Crippen molar-refractivity contribution in [3.05, 3.63) is 0 Å². The molecule has 1 spiro atoms. The Kier molecular flexibility index (Phi) is 6.23. The summed E-state index contributed by atoms with van der Waals surface area (Å²) in [5, 5.41) is 9.77. The minimum atomic E-state index is -1.34. The van der Waals surface area contributed by atoms with Crippen molar-refractivity contribution in [2.45, 2.75) is 77.6 Å². The molecule has 1 saturated carbocycles. The Labute approximate surface area is 160 Å². The van der Waals surface area contributed by atoms with Gasteiger partial charge in [-0.15, -0.1) is 0 Å². The van der Waals surface area contributed by atoms with Crippen LogP contribution in [0.2, 0.25) is 0 Å². The van der Waals surface area contributed by atoms with Crippen molar-refractivity contribution in [2.24, 2.45) is 15.7 Å². The quantitative estimate of drug-likeness (QED) is 0.790. The zero-order valence-electron chi connectivity index (χ0n) is 17.0. The monoisotopic (exact) mass is 386 g/mol. The summed E-state index contributed by atoms with van der Waals surface area (Å²) in [7, 11) is -1.34. The first kappa shape index (κ1) is 21.4. The predicted molar refractivity (Wildman–Crippen MR) is 105 cm³/mol. The summed E-state index contributed by atoms with van der Waals surface area (Å²) in [6.45, 7) is 12.6. The van der Waals surface area contributed by atoms with Crippen LogP contribution >= 0.6 is 0 Å². The van der Waals surface area contributed by atoms with E-state index in [1.807, 2.05) is 41.5 Å². The molecule has 0 aromatic carbocycles. The van der Waals surface area contributed by atoms with Crippen molar-refractivity contribution in [2.75, 3.05) is 19.7 Å². The summed E-state index contributed by atoms with van der Waals surface area (Å²) in [6.07, 6.45) is 3.08. The first-order valence-corrected chi connectivity index (χ1v) is 10.6. The molecule has 2 aliphatic rings. The number of aliphatic hydroxyl groups is 1. The van der Waals surface area contributed by atoms with Gasteiger partial charge in [0.15, 0.2) is 0 Å². The zero-order chi connectivity index (χ0) is 19.8. The van der Waals surface area contributed by atoms with E-state index in [1.54, 1.807) is 4.90 Å². The summed E-state index contributed by atoms with van der Waals surface area (Å²) in [6, 6.07) is 0. The van der Waals surface area contributed by atoms with Gasteiger partial charge in [-0.25, -0.2) is 9.00 Å². The smallest absolute Gasteiger partial charge is 0.410 e. The number of amides is 1. The number of hydrogen-bond donors (Lipinski definition) is 1. The highest BCUT2D eigenvalue weighted by Gasteiger charge is 2.48. The maximum atomic E-state index is 12.6. The molecule has 1 unspecified atom stereocenters. The number of hydrogen-bond acceptors (Lipinski definition) is 4. The van der Waals surface area contributed by atoms with E-state index in [9.17, 15) is 14.1 Å². The number of likely N-dealkylation sites (tertiary alicyclic amines) is 1. The molecule has 26 heavy (non-hydrogen) atoms. The third-order valence-corrected chi connectivity index (χ3v) is 6.61. The van der Waals surface area contributed by atoms with Gasteiger partial charge in [-0.1, -0.05) is 0 Å². The third kappa shape index (κ3) is 4.85. The molecule has 2 atom stereocenters. The molecule has 7 heteroatoms. The number of nitrogens with zero attached hydrogens (tertiary/aromatic N) is 2. The number of carbonyl (C=O) groups is 1. The molecular formula is C19H34N2O4S. The van der Waals surface area contributed by atoms with Crippen molar-refractivity contribution in [3.8, 4) is 0 Å². The van der Waals surface area contributed by atoms with E-state index in [0.717, 1.165) is 31.4 Å². The Bertz CT molecular complexity index is 581. The van der Waals surface area contributed by atoms with E-state index in [1.165, 1.54) is 0 Å². The number of piperidine rings is 1. The molecule has 6 nitrogen and oxygen atoms in total. The van der Waals surface area contributed by atoms with Crippen molar-refractivity contribution in [3.63, 3.8) is 0 Å². The second-order valence-corrected chi connectivity index (χ2v) is 11.4. The zero-order valence-corrected chi connectivity index (χ0v) is 17.8. The fourth-order valence-corrected chi connectivity index (χ4v) is 4.47. The van der Waals surface area contributed by atoms with Gasteiger partial charge in [0.1, 0.15) is 16.6 Å². The van der Waals surface area contributed by atoms with E-state index < -0.39 is 21.3 Å². The Morgan fingerprint density at radius 2 is 1.81 bits per heavy atom. The van der Waals surface area contributed by atoms with Crippen LogP contribution in [-0.2, 0) is 15.7 Å². The molecule has 150 valence electrons. The van der Waals surface area contributed by atoms with Crippen LogP contribution in [0.25, 0.3) is 0 Å². The lowest BCUT2D eigenvalue weighted by Crippen LogP contribution is -2.47. The van der Waals surface area contributed by atoms with Gasteiger partial charge in [-0.05, 0) is 67.2 Å². The largest absolute Gasteiger partial charge is 0.444 e. The van der Waals surface area contributed by atoms with Gasteiger partial charge in [0.25, 0.3) is 0 Å². The average molecular weight is 387 g/mol. The lowest BCUT2D eigenvalue weighted by molar-refractivity contribution is 0.0156. The highest BCUT2D eigenvalue weighted by atomic mass is 32.2. The minimum Gasteiger partial charge on any atom is -0.444 e. The molecule has 2 rings (SSSR count). The fourth-order valence-electron chi connectivity index (χ4n) is 3.67. The van der Waals surface area contributed by atoms with Crippen molar-refractivity contribution in [1.29, 1.82) is 0 Å². The van der Waals surface area contributed by atoms with E-state index in [2.05, 4.69) is 4.40 Å². The van der Waals surface area contributed by atoms with E-state index in [0.29, 0.717) is 13.1 Å². The van der Waals surface area contributed by atoms with Gasteiger partial charge >= 0.3 is 6.09 Å². The lowest BCUT2D eigenvalue weighted by atomic mass is 9.75. The second-order valence-electron chi connectivity index (χ2n) is 9.50. The fraction of sp³-hybridized carbons (Fsp3) is 0.895. The first-order chi connectivity index (χ1) is 11.9. The highest BCUT2D eigenvalue weighted by molar-refractivity contribution is 7.85. The topological polar surface area (TPSA) is 79.2 Å².